The normalized spacial score (nSPS) is 11.5. The predicted molar refractivity (Wildman–Crippen MR) is 105 cm³/mol. The van der Waals surface area contributed by atoms with Gasteiger partial charge in [-0.1, -0.05) is 19.4 Å². The molecule has 5 nitrogen and oxygen atoms in total. The summed E-state index contributed by atoms with van der Waals surface area (Å²) in [7, 11) is 0. The van der Waals surface area contributed by atoms with Gasteiger partial charge < -0.3 is 14.6 Å². The van der Waals surface area contributed by atoms with Gasteiger partial charge in [-0.25, -0.2) is 9.78 Å². The van der Waals surface area contributed by atoms with Gasteiger partial charge in [0.25, 0.3) is 0 Å². The Hall–Kier alpha value is -3.29. The number of ether oxygens (including phenoxy) is 2. The minimum atomic E-state index is -4.57. The molecule has 0 aliphatic rings. The van der Waals surface area contributed by atoms with Crippen molar-refractivity contribution >= 4 is 16.9 Å². The molecule has 0 spiro atoms. The van der Waals surface area contributed by atoms with Crippen LogP contribution in [0.4, 0.5) is 13.2 Å². The molecule has 2 aromatic carbocycles. The fraction of sp³-hybridized carbons (Fsp3) is 0.273. The molecule has 1 N–H and O–H groups in total. The third kappa shape index (κ3) is 5.20. The van der Waals surface area contributed by atoms with E-state index in [2.05, 4.69) is 4.98 Å². The van der Waals surface area contributed by atoms with E-state index in [0.29, 0.717) is 23.3 Å². The molecule has 8 heteroatoms. The maximum atomic E-state index is 13.2. The van der Waals surface area contributed by atoms with Gasteiger partial charge in [-0.15, -0.1) is 0 Å². The number of alkyl halides is 3. The first kappa shape index (κ1) is 21.4. The van der Waals surface area contributed by atoms with E-state index in [4.69, 9.17) is 14.6 Å². The lowest BCUT2D eigenvalue weighted by Gasteiger charge is -2.14. The number of fused-ring (bicyclic) bond motifs is 1. The van der Waals surface area contributed by atoms with Gasteiger partial charge in [-0.05, 0) is 48.4 Å². The molecule has 1 aromatic heterocycles. The second-order valence-electron chi connectivity index (χ2n) is 6.68. The van der Waals surface area contributed by atoms with Crippen molar-refractivity contribution in [3.63, 3.8) is 0 Å². The molecule has 1 heterocycles. The van der Waals surface area contributed by atoms with Gasteiger partial charge in [0.15, 0.2) is 0 Å². The molecule has 0 aliphatic heterocycles. The SMILES string of the molecule is CCCCOc1cc(C(F)(F)F)nc2ccc(COc3ccc(C(=O)O)cc3)cc12. The Kier molecular flexibility index (Phi) is 6.44. The van der Waals surface area contributed by atoms with Gasteiger partial charge in [0.1, 0.15) is 23.8 Å². The highest BCUT2D eigenvalue weighted by molar-refractivity contribution is 5.87. The molecule has 3 aromatic rings. The molecular weight excluding hydrogens is 399 g/mol. The van der Waals surface area contributed by atoms with Crippen LogP contribution in [0.2, 0.25) is 0 Å². The molecule has 0 unspecified atom stereocenters. The van der Waals surface area contributed by atoms with Crippen molar-refractivity contribution in [1.82, 2.24) is 4.98 Å². The number of aromatic carboxylic acids is 1. The Labute approximate surface area is 171 Å². The number of aromatic nitrogens is 1. The van der Waals surface area contributed by atoms with Crippen LogP contribution in [-0.2, 0) is 12.8 Å². The van der Waals surface area contributed by atoms with Crippen LogP contribution in [0.5, 0.6) is 11.5 Å². The van der Waals surface area contributed by atoms with E-state index in [0.717, 1.165) is 18.9 Å². The summed E-state index contributed by atoms with van der Waals surface area (Å²) in [6.45, 7) is 2.43. The third-order valence-corrected chi connectivity index (χ3v) is 4.39. The van der Waals surface area contributed by atoms with Gasteiger partial charge in [0, 0.05) is 11.5 Å². The zero-order chi connectivity index (χ0) is 21.7. The van der Waals surface area contributed by atoms with Gasteiger partial charge in [-0.3, -0.25) is 0 Å². The summed E-state index contributed by atoms with van der Waals surface area (Å²) in [5.41, 5.74) is 0.0510. The van der Waals surface area contributed by atoms with E-state index in [1.54, 1.807) is 24.3 Å². The van der Waals surface area contributed by atoms with Crippen molar-refractivity contribution in [3.8, 4) is 11.5 Å². The molecule has 0 aliphatic carbocycles. The van der Waals surface area contributed by atoms with E-state index in [-0.39, 0.29) is 23.4 Å². The number of carboxylic acid groups (broad SMARTS) is 1. The number of unbranched alkanes of at least 4 members (excludes halogenated alkanes) is 1. The number of rotatable bonds is 8. The minimum Gasteiger partial charge on any atom is -0.493 e. The standard InChI is InChI=1S/C22H20F3NO4/c1-2-3-10-29-19-12-20(22(23,24)25)26-18-9-4-14(11-17(18)19)13-30-16-7-5-15(6-8-16)21(27)28/h4-9,11-12H,2-3,10,13H2,1H3,(H,27,28). The Morgan fingerprint density at radius 3 is 2.43 bits per heavy atom. The van der Waals surface area contributed by atoms with Gasteiger partial charge in [-0.2, -0.15) is 13.2 Å². The van der Waals surface area contributed by atoms with E-state index in [1.807, 2.05) is 6.92 Å². The average Bonchev–Trinajstić information content (AvgIpc) is 2.71. The molecule has 0 saturated carbocycles. The van der Waals surface area contributed by atoms with Gasteiger partial charge >= 0.3 is 12.1 Å². The van der Waals surface area contributed by atoms with Crippen LogP contribution in [-0.4, -0.2) is 22.7 Å². The highest BCUT2D eigenvalue weighted by Gasteiger charge is 2.33. The molecule has 0 amide bonds. The summed E-state index contributed by atoms with van der Waals surface area (Å²) in [6, 6.07) is 11.7. The summed E-state index contributed by atoms with van der Waals surface area (Å²) in [5, 5.41) is 9.40. The highest BCUT2D eigenvalue weighted by atomic mass is 19.4. The predicted octanol–water partition coefficient (Wildman–Crippen LogP) is 5.71. The number of carboxylic acids is 1. The van der Waals surface area contributed by atoms with Crippen molar-refractivity contribution in [2.24, 2.45) is 0 Å². The largest absolute Gasteiger partial charge is 0.493 e. The van der Waals surface area contributed by atoms with Crippen LogP contribution >= 0.6 is 0 Å². The molecule has 0 atom stereocenters. The number of carbonyl (C=O) groups is 1. The van der Waals surface area contributed by atoms with Crippen LogP contribution in [0, 0.1) is 0 Å². The zero-order valence-corrected chi connectivity index (χ0v) is 16.2. The smallest absolute Gasteiger partial charge is 0.433 e. The summed E-state index contributed by atoms with van der Waals surface area (Å²) in [4.78, 5) is 14.6. The number of halogens is 3. The summed E-state index contributed by atoms with van der Waals surface area (Å²) in [5.74, 6) is -0.420. The number of nitrogens with zero attached hydrogens (tertiary/aromatic N) is 1. The van der Waals surface area contributed by atoms with Crippen molar-refractivity contribution in [1.29, 1.82) is 0 Å². The summed E-state index contributed by atoms with van der Waals surface area (Å²) < 4.78 is 50.8. The lowest BCUT2D eigenvalue weighted by molar-refractivity contribution is -0.141. The van der Waals surface area contributed by atoms with E-state index in [1.165, 1.54) is 18.2 Å². The molecular formula is C22H20F3NO4. The molecule has 30 heavy (non-hydrogen) atoms. The van der Waals surface area contributed by atoms with E-state index < -0.39 is 17.8 Å². The lowest BCUT2D eigenvalue weighted by atomic mass is 10.1. The van der Waals surface area contributed by atoms with Crippen molar-refractivity contribution in [2.45, 2.75) is 32.5 Å². The van der Waals surface area contributed by atoms with Crippen molar-refractivity contribution < 1.29 is 32.5 Å². The molecule has 0 saturated heterocycles. The number of hydrogen-bond acceptors (Lipinski definition) is 4. The van der Waals surface area contributed by atoms with Crippen molar-refractivity contribution in [3.05, 3.63) is 65.4 Å². The van der Waals surface area contributed by atoms with E-state index >= 15 is 0 Å². The molecule has 0 fully saturated rings. The second kappa shape index (κ2) is 9.02. The third-order valence-electron chi connectivity index (χ3n) is 4.39. The number of benzene rings is 2. The first-order valence-corrected chi connectivity index (χ1v) is 9.37. The van der Waals surface area contributed by atoms with E-state index in [9.17, 15) is 18.0 Å². The Balaban J connectivity index is 1.85. The maximum absolute atomic E-state index is 13.2. The summed E-state index contributed by atoms with van der Waals surface area (Å²) in [6.07, 6.45) is -2.99. The quantitative estimate of drug-likeness (QED) is 0.474. The fourth-order valence-corrected chi connectivity index (χ4v) is 2.78. The van der Waals surface area contributed by atoms with Crippen LogP contribution in [0.25, 0.3) is 10.9 Å². The topological polar surface area (TPSA) is 68.7 Å². The van der Waals surface area contributed by atoms with Crippen LogP contribution < -0.4 is 9.47 Å². The van der Waals surface area contributed by atoms with Crippen LogP contribution in [0.1, 0.15) is 41.4 Å². The van der Waals surface area contributed by atoms with Gasteiger partial charge in [0.2, 0.25) is 0 Å². The van der Waals surface area contributed by atoms with Crippen molar-refractivity contribution in [2.75, 3.05) is 6.61 Å². The summed E-state index contributed by atoms with van der Waals surface area (Å²) >= 11 is 0. The first-order valence-electron chi connectivity index (χ1n) is 9.37. The monoisotopic (exact) mass is 419 g/mol. The maximum Gasteiger partial charge on any atom is 0.433 e. The first-order chi connectivity index (χ1) is 14.3. The second-order valence-corrected chi connectivity index (χ2v) is 6.68. The Bertz CT molecular complexity index is 1030. The van der Waals surface area contributed by atoms with Gasteiger partial charge in [0.05, 0.1) is 17.7 Å². The Morgan fingerprint density at radius 1 is 1.07 bits per heavy atom. The molecule has 0 radical (unpaired) electrons. The lowest BCUT2D eigenvalue weighted by Crippen LogP contribution is -2.09. The fourth-order valence-electron chi connectivity index (χ4n) is 2.78. The average molecular weight is 419 g/mol. The highest BCUT2D eigenvalue weighted by Crippen LogP contribution is 2.34. The van der Waals surface area contributed by atoms with Crippen LogP contribution in [0.15, 0.2) is 48.5 Å². The Morgan fingerprint density at radius 2 is 1.80 bits per heavy atom. The zero-order valence-electron chi connectivity index (χ0n) is 16.2. The van der Waals surface area contributed by atoms with Crippen LogP contribution in [0.3, 0.4) is 0 Å². The number of pyridine rings is 1. The molecule has 158 valence electrons. The molecule has 3 rings (SSSR count). The number of hydrogen-bond donors (Lipinski definition) is 1. The molecule has 0 bridgehead atoms. The minimum absolute atomic E-state index is 0.133.